The number of benzene rings is 2. The van der Waals surface area contributed by atoms with E-state index in [1.54, 1.807) is 36.5 Å². The quantitative estimate of drug-likeness (QED) is 0.361. The van der Waals surface area contributed by atoms with Gasteiger partial charge in [0.05, 0.1) is 33.3 Å². The molecule has 1 aliphatic heterocycles. The lowest BCUT2D eigenvalue weighted by Gasteiger charge is -2.47. The number of para-hydroxylation sites is 1. The minimum atomic E-state index is -3.20. The molecule has 0 spiro atoms. The van der Waals surface area contributed by atoms with E-state index in [9.17, 15) is 9.90 Å². The molecule has 2 unspecified atom stereocenters. The number of hydrogen-bond acceptors (Lipinski definition) is 6. The van der Waals surface area contributed by atoms with E-state index >= 15 is 0 Å². The number of halogens is 1. The van der Waals surface area contributed by atoms with Crippen molar-refractivity contribution in [1.82, 2.24) is 9.97 Å². The number of hydrogen-bond donors (Lipinski definition) is 3. The number of methoxy groups -OCH3 is 1. The molecule has 0 saturated heterocycles. The molecule has 1 aliphatic rings. The predicted octanol–water partition coefficient (Wildman–Crippen LogP) is 4.86. The molecule has 3 heterocycles. The second-order valence-corrected chi connectivity index (χ2v) is 8.11. The van der Waals surface area contributed by atoms with Crippen LogP contribution in [-0.2, 0) is 9.53 Å². The van der Waals surface area contributed by atoms with Gasteiger partial charge in [0.15, 0.2) is 6.23 Å². The molecule has 8 nitrogen and oxygen atoms in total. The van der Waals surface area contributed by atoms with Crippen molar-refractivity contribution >= 4 is 39.9 Å². The van der Waals surface area contributed by atoms with Crippen molar-refractivity contribution in [3.63, 3.8) is 0 Å². The van der Waals surface area contributed by atoms with E-state index in [-0.39, 0.29) is 22.0 Å². The minimum Gasteiger partial charge on any atom is -0.457 e. The number of aromatic nitrogens is 2. The number of pyridine rings is 1. The molecule has 0 aliphatic carbocycles. The highest BCUT2D eigenvalue weighted by Gasteiger charge is 2.48. The van der Waals surface area contributed by atoms with E-state index in [2.05, 4.69) is 15.3 Å². The van der Waals surface area contributed by atoms with Gasteiger partial charge in [0.25, 0.3) is 5.91 Å². The largest absolute Gasteiger partial charge is 0.457 e. The molecule has 1 amide bonds. The summed E-state index contributed by atoms with van der Waals surface area (Å²) in [4.78, 5) is 21.7. The zero-order chi connectivity index (χ0) is 28.9. The first-order valence-corrected chi connectivity index (χ1v) is 10.6. The molecule has 9 heteroatoms. The lowest BCUT2D eigenvalue weighted by Crippen LogP contribution is -2.61. The van der Waals surface area contributed by atoms with Crippen LogP contribution in [0.1, 0.15) is 26.9 Å². The Morgan fingerprint density at radius 2 is 2.09 bits per heavy atom. The molecular weight excluding hydrogens is 456 g/mol. The Morgan fingerprint density at radius 3 is 2.85 bits per heavy atom. The van der Waals surface area contributed by atoms with Crippen molar-refractivity contribution < 1.29 is 27.6 Å². The number of aromatic amines is 1. The van der Waals surface area contributed by atoms with E-state index in [1.807, 2.05) is 6.07 Å². The van der Waals surface area contributed by atoms with Crippen molar-refractivity contribution in [3.05, 3.63) is 77.6 Å². The molecule has 34 heavy (non-hydrogen) atoms. The zero-order valence-corrected chi connectivity index (χ0v) is 18.3. The summed E-state index contributed by atoms with van der Waals surface area (Å²) in [7, 11) is -3.04. The Hall–Kier alpha value is -3.59. The third-order valence-electron chi connectivity index (χ3n) is 5.59. The smallest absolute Gasteiger partial charge is 0.252 e. The summed E-state index contributed by atoms with van der Waals surface area (Å²) in [5.74, 6) is -0.229. The highest BCUT2D eigenvalue weighted by molar-refractivity contribution is 6.31. The van der Waals surface area contributed by atoms with Gasteiger partial charge in [0.1, 0.15) is 22.7 Å². The first-order valence-electron chi connectivity index (χ1n) is 13.2. The van der Waals surface area contributed by atoms with Gasteiger partial charge in [0, 0.05) is 28.3 Å². The van der Waals surface area contributed by atoms with Crippen LogP contribution in [0, 0.1) is 0 Å². The molecule has 3 N–H and O–H groups in total. The van der Waals surface area contributed by atoms with Gasteiger partial charge >= 0.3 is 0 Å². The van der Waals surface area contributed by atoms with Crippen molar-refractivity contribution in [2.24, 2.45) is 0 Å². The highest BCUT2D eigenvalue weighted by atomic mass is 35.5. The number of aliphatic hydroxyl groups is 1. The minimum absolute atomic E-state index is 0.00372. The van der Waals surface area contributed by atoms with Gasteiger partial charge in [0.2, 0.25) is 0 Å². The molecule has 2 atom stereocenters. The summed E-state index contributed by atoms with van der Waals surface area (Å²) < 4.78 is 58.5. The topological polar surface area (TPSA) is 99.7 Å². The number of carbonyl (C=O) groups is 1. The number of rotatable bonds is 6. The van der Waals surface area contributed by atoms with Gasteiger partial charge in [-0.2, -0.15) is 0 Å². The summed E-state index contributed by atoms with van der Waals surface area (Å²) in [6.45, 7) is -4.31. The summed E-state index contributed by atoms with van der Waals surface area (Å²) >= 11 is 6.58. The normalized spacial score (nSPS) is 21.8. The van der Waals surface area contributed by atoms with Crippen molar-refractivity contribution in [3.8, 4) is 11.5 Å². The Balaban J connectivity index is 1.68. The number of carbonyl (C=O) groups excluding carboxylic acids is 1. The van der Waals surface area contributed by atoms with Crippen LogP contribution in [0.15, 0.2) is 67.0 Å². The van der Waals surface area contributed by atoms with Crippen molar-refractivity contribution in [2.75, 3.05) is 23.9 Å². The van der Waals surface area contributed by atoms with Crippen molar-refractivity contribution in [2.45, 2.75) is 18.6 Å². The molecule has 0 saturated carbocycles. The maximum Gasteiger partial charge on any atom is 0.252 e. The number of amides is 1. The third-order valence-corrected chi connectivity index (χ3v) is 5.92. The van der Waals surface area contributed by atoms with E-state index in [0.29, 0.717) is 22.5 Å². The Labute approximate surface area is 209 Å². The van der Waals surface area contributed by atoms with Crippen LogP contribution in [0.2, 0.25) is 5.02 Å². The third kappa shape index (κ3) is 3.66. The predicted molar refractivity (Wildman–Crippen MR) is 130 cm³/mol. The molecular formula is C25H23ClN4O4. The maximum atomic E-state index is 13.6. The van der Waals surface area contributed by atoms with Crippen LogP contribution in [0.5, 0.6) is 11.5 Å². The van der Waals surface area contributed by atoms with Crippen LogP contribution in [0.25, 0.3) is 11.0 Å². The van der Waals surface area contributed by atoms with Crippen LogP contribution < -0.4 is 15.0 Å². The molecule has 174 valence electrons. The summed E-state index contributed by atoms with van der Waals surface area (Å²) in [5, 5.41) is 14.7. The van der Waals surface area contributed by atoms with Crippen molar-refractivity contribution in [1.29, 1.82) is 0 Å². The SMILES string of the molecule is [2H]C([2H])([2H])OCC1(C([2H])([2H])[2H])C(=O)Nc2cnc3[nH]ccc3c2N1C(O)c1ccc(Oc2ccccc2)cc1Cl. The standard InChI is InChI=1S/C25H23ClN4O4/c1-25(14-33-2)24(32)29-20-13-28-22-18(10-11-27-22)21(20)30(25)23(31)17-9-8-16(12-19(17)26)34-15-6-4-3-5-7-15/h3-13,23,31H,14H2,1-2H3,(H,27,28)(H,29,32)/i1D3,2D3. The fraction of sp³-hybridized carbons (Fsp3) is 0.200. The second-order valence-electron chi connectivity index (χ2n) is 7.71. The number of anilines is 2. The van der Waals surface area contributed by atoms with E-state index in [0.717, 1.165) is 4.90 Å². The lowest BCUT2D eigenvalue weighted by molar-refractivity contribution is -0.124. The van der Waals surface area contributed by atoms with Crippen LogP contribution in [-0.4, -0.2) is 40.2 Å². The molecule has 4 aromatic rings. The molecule has 0 bridgehead atoms. The van der Waals surface area contributed by atoms with Gasteiger partial charge < -0.3 is 29.8 Å². The number of nitrogens with zero attached hydrogens (tertiary/aromatic N) is 2. The van der Waals surface area contributed by atoms with E-state index in [1.165, 1.54) is 24.4 Å². The van der Waals surface area contributed by atoms with Crippen LogP contribution >= 0.6 is 11.6 Å². The van der Waals surface area contributed by atoms with Gasteiger partial charge in [-0.3, -0.25) is 4.79 Å². The van der Waals surface area contributed by atoms with E-state index < -0.39 is 38.2 Å². The molecule has 0 radical (unpaired) electrons. The number of H-pyrrole nitrogens is 1. The van der Waals surface area contributed by atoms with Gasteiger partial charge in [-0.1, -0.05) is 29.8 Å². The summed E-state index contributed by atoms with van der Waals surface area (Å²) in [5.41, 5.74) is -2.14. The Bertz CT molecular complexity index is 1560. The number of aliphatic hydroxyl groups excluding tert-OH is 1. The van der Waals surface area contributed by atoms with Gasteiger partial charge in [-0.15, -0.1) is 0 Å². The fourth-order valence-corrected chi connectivity index (χ4v) is 4.25. The second kappa shape index (κ2) is 8.64. The average Bonchev–Trinajstić information content (AvgIpc) is 3.35. The average molecular weight is 485 g/mol. The fourth-order valence-electron chi connectivity index (χ4n) is 3.99. The molecule has 2 aromatic heterocycles. The monoisotopic (exact) mass is 484 g/mol. The Kier molecular flexibility index (Phi) is 4.09. The van der Waals surface area contributed by atoms with E-state index in [4.69, 9.17) is 29.3 Å². The summed E-state index contributed by atoms with van der Waals surface area (Å²) in [6, 6.07) is 14.9. The Morgan fingerprint density at radius 1 is 1.24 bits per heavy atom. The number of fused-ring (bicyclic) bond motifs is 3. The number of ether oxygens (including phenoxy) is 2. The number of nitrogens with one attached hydrogen (secondary N) is 2. The first-order chi connectivity index (χ1) is 18.8. The summed E-state index contributed by atoms with van der Waals surface area (Å²) in [6.07, 6.45) is 1.000. The van der Waals surface area contributed by atoms with Crippen LogP contribution in [0.4, 0.5) is 11.4 Å². The molecule has 2 aromatic carbocycles. The highest BCUT2D eigenvalue weighted by Crippen LogP contribution is 2.46. The van der Waals surface area contributed by atoms with Crippen LogP contribution in [0.3, 0.4) is 0 Å². The lowest BCUT2D eigenvalue weighted by atomic mass is 9.92. The zero-order valence-electron chi connectivity index (χ0n) is 23.6. The maximum absolute atomic E-state index is 13.6. The van der Waals surface area contributed by atoms with Gasteiger partial charge in [-0.05, 0) is 43.3 Å². The molecule has 0 fully saturated rings. The van der Waals surface area contributed by atoms with Gasteiger partial charge in [-0.25, -0.2) is 4.98 Å². The molecule has 5 rings (SSSR count). The first kappa shape index (κ1) is 16.1.